The zero-order valence-corrected chi connectivity index (χ0v) is 6.93. The van der Waals surface area contributed by atoms with E-state index in [0.29, 0.717) is 0 Å². The number of aromatic nitrogens is 1. The molecule has 1 heteroatoms. The second-order valence-corrected chi connectivity index (χ2v) is 3.30. The van der Waals surface area contributed by atoms with Crippen LogP contribution in [0.4, 0.5) is 0 Å². The van der Waals surface area contributed by atoms with Crippen LogP contribution in [-0.4, -0.2) is 4.98 Å². The van der Waals surface area contributed by atoms with E-state index < -0.39 is 0 Å². The van der Waals surface area contributed by atoms with Crippen LogP contribution in [0.5, 0.6) is 0 Å². The Labute approximate surface area is 67.5 Å². The van der Waals surface area contributed by atoms with Gasteiger partial charge in [-0.1, -0.05) is 0 Å². The van der Waals surface area contributed by atoms with Crippen molar-refractivity contribution in [2.24, 2.45) is 0 Å². The molecular weight excluding hydrogens is 134 g/mol. The third kappa shape index (κ3) is 1.15. The maximum atomic E-state index is 4.20. The lowest BCUT2D eigenvalue weighted by atomic mass is 9.91. The summed E-state index contributed by atoms with van der Waals surface area (Å²) in [5.74, 6) is 0. The second kappa shape index (κ2) is 2.65. The average Bonchev–Trinajstić information content (AvgIpc) is 2.06. The molecule has 0 saturated heterocycles. The predicted molar refractivity (Wildman–Crippen MR) is 45.6 cm³/mol. The van der Waals surface area contributed by atoms with Crippen LogP contribution in [0, 0.1) is 6.92 Å². The third-order valence-electron chi connectivity index (χ3n) is 2.49. The summed E-state index contributed by atoms with van der Waals surface area (Å²) in [6.07, 6.45) is 9.22. The zero-order chi connectivity index (χ0) is 7.68. The van der Waals surface area contributed by atoms with E-state index in [-0.39, 0.29) is 0 Å². The summed E-state index contributed by atoms with van der Waals surface area (Å²) in [4.78, 5) is 4.20. The second-order valence-electron chi connectivity index (χ2n) is 3.30. The van der Waals surface area contributed by atoms with Crippen LogP contribution in [0.2, 0.25) is 0 Å². The monoisotopic (exact) mass is 147 g/mol. The van der Waals surface area contributed by atoms with Crippen molar-refractivity contribution in [3.63, 3.8) is 0 Å². The molecular formula is C10H13N. The Balaban J connectivity index is 2.49. The van der Waals surface area contributed by atoms with Crippen LogP contribution in [-0.2, 0) is 12.8 Å². The molecule has 0 unspecified atom stereocenters. The molecule has 0 radical (unpaired) electrons. The SMILES string of the molecule is Cc1cncc2c1CCCC2. The fraction of sp³-hybridized carbons (Fsp3) is 0.500. The van der Waals surface area contributed by atoms with E-state index in [0.717, 1.165) is 0 Å². The minimum Gasteiger partial charge on any atom is -0.264 e. The quantitative estimate of drug-likeness (QED) is 0.548. The Morgan fingerprint density at radius 3 is 2.82 bits per heavy atom. The van der Waals surface area contributed by atoms with Crippen LogP contribution in [0.25, 0.3) is 0 Å². The van der Waals surface area contributed by atoms with Gasteiger partial charge in [0.05, 0.1) is 0 Å². The Hall–Kier alpha value is -0.850. The summed E-state index contributed by atoms with van der Waals surface area (Å²) in [5, 5.41) is 0. The van der Waals surface area contributed by atoms with Gasteiger partial charge < -0.3 is 0 Å². The van der Waals surface area contributed by atoms with Crippen LogP contribution in [0.15, 0.2) is 12.4 Å². The highest BCUT2D eigenvalue weighted by Crippen LogP contribution is 2.22. The lowest BCUT2D eigenvalue weighted by Gasteiger charge is -2.16. The molecule has 0 spiro atoms. The Morgan fingerprint density at radius 2 is 2.00 bits per heavy atom. The van der Waals surface area contributed by atoms with Gasteiger partial charge in [0.2, 0.25) is 0 Å². The van der Waals surface area contributed by atoms with Gasteiger partial charge in [-0.05, 0) is 49.3 Å². The molecule has 0 amide bonds. The molecule has 11 heavy (non-hydrogen) atoms. The Bertz CT molecular complexity index is 266. The molecule has 1 heterocycles. The first-order valence-electron chi connectivity index (χ1n) is 4.30. The number of hydrogen-bond donors (Lipinski definition) is 0. The normalized spacial score (nSPS) is 16.1. The summed E-state index contributed by atoms with van der Waals surface area (Å²) < 4.78 is 0. The summed E-state index contributed by atoms with van der Waals surface area (Å²) in [7, 11) is 0. The van der Waals surface area contributed by atoms with Crippen molar-refractivity contribution in [1.29, 1.82) is 0 Å². The molecule has 0 bridgehead atoms. The van der Waals surface area contributed by atoms with Gasteiger partial charge in [0.15, 0.2) is 0 Å². The van der Waals surface area contributed by atoms with E-state index in [4.69, 9.17) is 0 Å². The number of fused-ring (bicyclic) bond motifs is 1. The molecule has 1 aliphatic rings. The highest BCUT2D eigenvalue weighted by molar-refractivity contribution is 5.32. The summed E-state index contributed by atoms with van der Waals surface area (Å²) in [6, 6.07) is 0. The van der Waals surface area contributed by atoms with Gasteiger partial charge in [-0.25, -0.2) is 0 Å². The van der Waals surface area contributed by atoms with Gasteiger partial charge in [-0.3, -0.25) is 4.98 Å². The molecule has 0 fully saturated rings. The molecule has 1 aromatic rings. The van der Waals surface area contributed by atoms with E-state index in [1.165, 1.54) is 36.8 Å². The molecule has 0 aliphatic heterocycles. The number of hydrogen-bond acceptors (Lipinski definition) is 1. The first-order chi connectivity index (χ1) is 5.38. The van der Waals surface area contributed by atoms with E-state index in [9.17, 15) is 0 Å². The summed E-state index contributed by atoms with van der Waals surface area (Å²) >= 11 is 0. The molecule has 58 valence electrons. The summed E-state index contributed by atoms with van der Waals surface area (Å²) in [5.41, 5.74) is 4.42. The molecule has 0 N–H and O–H groups in total. The maximum absolute atomic E-state index is 4.20. The Kier molecular flexibility index (Phi) is 1.65. The van der Waals surface area contributed by atoms with Crippen molar-refractivity contribution in [2.45, 2.75) is 32.6 Å². The first-order valence-corrected chi connectivity index (χ1v) is 4.30. The van der Waals surface area contributed by atoms with Crippen LogP contribution < -0.4 is 0 Å². The van der Waals surface area contributed by atoms with Crippen molar-refractivity contribution in [2.75, 3.05) is 0 Å². The van der Waals surface area contributed by atoms with Crippen molar-refractivity contribution in [3.8, 4) is 0 Å². The van der Waals surface area contributed by atoms with Crippen molar-refractivity contribution in [1.82, 2.24) is 4.98 Å². The standard InChI is InChI=1S/C10H13N/c1-8-6-11-7-9-4-2-3-5-10(8)9/h6-7H,2-5H2,1H3. The molecule has 0 aromatic carbocycles. The summed E-state index contributed by atoms with van der Waals surface area (Å²) in [6.45, 7) is 2.16. The highest BCUT2D eigenvalue weighted by atomic mass is 14.6. The maximum Gasteiger partial charge on any atom is 0.0302 e. The van der Waals surface area contributed by atoms with Crippen molar-refractivity contribution >= 4 is 0 Å². The van der Waals surface area contributed by atoms with Crippen LogP contribution in [0.1, 0.15) is 29.5 Å². The van der Waals surface area contributed by atoms with Gasteiger partial charge in [-0.15, -0.1) is 0 Å². The molecule has 1 aliphatic carbocycles. The zero-order valence-electron chi connectivity index (χ0n) is 6.93. The topological polar surface area (TPSA) is 12.9 Å². The fourth-order valence-corrected chi connectivity index (χ4v) is 1.84. The van der Waals surface area contributed by atoms with E-state index in [1.807, 2.05) is 12.4 Å². The Morgan fingerprint density at radius 1 is 1.18 bits per heavy atom. The number of nitrogens with zero attached hydrogens (tertiary/aromatic N) is 1. The highest BCUT2D eigenvalue weighted by Gasteiger charge is 2.10. The molecule has 1 nitrogen and oxygen atoms in total. The minimum atomic E-state index is 1.24. The average molecular weight is 147 g/mol. The van der Waals surface area contributed by atoms with Crippen LogP contribution >= 0.6 is 0 Å². The van der Waals surface area contributed by atoms with Gasteiger partial charge in [0.1, 0.15) is 0 Å². The van der Waals surface area contributed by atoms with Gasteiger partial charge in [0.25, 0.3) is 0 Å². The lowest BCUT2D eigenvalue weighted by molar-refractivity contribution is 0.678. The first kappa shape index (κ1) is 6.84. The fourth-order valence-electron chi connectivity index (χ4n) is 1.84. The molecule has 0 saturated carbocycles. The molecule has 2 rings (SSSR count). The number of pyridine rings is 1. The molecule has 0 atom stereocenters. The van der Waals surface area contributed by atoms with Crippen LogP contribution in [0.3, 0.4) is 0 Å². The van der Waals surface area contributed by atoms with Gasteiger partial charge >= 0.3 is 0 Å². The van der Waals surface area contributed by atoms with Gasteiger partial charge in [0, 0.05) is 12.4 Å². The smallest absolute Gasteiger partial charge is 0.0302 e. The number of aryl methyl sites for hydroxylation is 2. The largest absolute Gasteiger partial charge is 0.264 e. The third-order valence-corrected chi connectivity index (χ3v) is 2.49. The van der Waals surface area contributed by atoms with E-state index in [2.05, 4.69) is 11.9 Å². The van der Waals surface area contributed by atoms with E-state index >= 15 is 0 Å². The van der Waals surface area contributed by atoms with E-state index in [1.54, 1.807) is 5.56 Å². The predicted octanol–water partition coefficient (Wildman–Crippen LogP) is 2.27. The lowest BCUT2D eigenvalue weighted by Crippen LogP contribution is -2.04. The van der Waals surface area contributed by atoms with Crippen molar-refractivity contribution < 1.29 is 0 Å². The van der Waals surface area contributed by atoms with Gasteiger partial charge in [-0.2, -0.15) is 0 Å². The minimum absolute atomic E-state index is 1.24. The number of rotatable bonds is 0. The molecule has 1 aromatic heterocycles. The van der Waals surface area contributed by atoms with Crippen molar-refractivity contribution in [3.05, 3.63) is 29.1 Å².